The number of nitrogens with one attached hydrogen (secondary N) is 2. The Balaban J connectivity index is 0.00000312. The van der Waals surface area contributed by atoms with Crippen LogP contribution in [0.2, 0.25) is 0 Å². The molecule has 0 saturated carbocycles. The quantitative estimate of drug-likeness (QED) is 0.758. The Morgan fingerprint density at radius 2 is 1.84 bits per heavy atom. The van der Waals surface area contributed by atoms with Crippen molar-refractivity contribution >= 4 is 18.3 Å². The number of alkyl halides is 3. The summed E-state index contributed by atoms with van der Waals surface area (Å²) in [7, 11) is 0. The molecule has 1 aromatic carbocycles. The van der Waals surface area contributed by atoms with Crippen LogP contribution in [-0.4, -0.2) is 56.4 Å². The Morgan fingerprint density at radius 1 is 1.20 bits per heavy atom. The molecule has 0 unspecified atom stereocenters. The molecule has 1 aliphatic rings. The van der Waals surface area contributed by atoms with Gasteiger partial charge in [0, 0.05) is 45.7 Å². The van der Waals surface area contributed by atoms with Gasteiger partial charge in [-0.15, -0.1) is 25.6 Å². The SMILES string of the molecule is Cl.O=C(CCc1ccc(OC(F)(F)F)cc1)NCCN1CCNCC1. The van der Waals surface area contributed by atoms with E-state index in [-0.39, 0.29) is 24.1 Å². The van der Waals surface area contributed by atoms with Gasteiger partial charge in [0.1, 0.15) is 5.75 Å². The molecule has 1 amide bonds. The molecule has 2 N–H and O–H groups in total. The van der Waals surface area contributed by atoms with E-state index in [1.165, 1.54) is 24.3 Å². The summed E-state index contributed by atoms with van der Waals surface area (Å²) < 4.78 is 40.0. The Labute approximate surface area is 151 Å². The van der Waals surface area contributed by atoms with Gasteiger partial charge in [-0.2, -0.15) is 0 Å². The second-order valence-electron chi connectivity index (χ2n) is 5.63. The first-order chi connectivity index (χ1) is 11.4. The number of hydrogen-bond donors (Lipinski definition) is 2. The van der Waals surface area contributed by atoms with E-state index in [1.54, 1.807) is 0 Å². The fourth-order valence-electron chi connectivity index (χ4n) is 2.49. The second-order valence-corrected chi connectivity index (χ2v) is 5.63. The molecule has 1 fully saturated rings. The standard InChI is InChI=1S/C16H22F3N3O2.ClH/c17-16(18,19)24-14-4-1-13(2-5-14)3-6-15(23)21-9-12-22-10-7-20-8-11-22;/h1-2,4-5,20H,3,6-12H2,(H,21,23);1H. The van der Waals surface area contributed by atoms with Crippen LogP contribution in [0.3, 0.4) is 0 Å². The number of ether oxygens (including phenoxy) is 1. The van der Waals surface area contributed by atoms with Gasteiger partial charge >= 0.3 is 6.36 Å². The minimum atomic E-state index is -4.69. The van der Waals surface area contributed by atoms with Crippen LogP contribution in [0.5, 0.6) is 5.75 Å². The maximum Gasteiger partial charge on any atom is 0.573 e. The van der Waals surface area contributed by atoms with E-state index in [4.69, 9.17) is 0 Å². The number of piperazine rings is 1. The Kier molecular flexibility index (Phi) is 9.02. The fourth-order valence-corrected chi connectivity index (χ4v) is 2.49. The fraction of sp³-hybridized carbons (Fsp3) is 0.562. The largest absolute Gasteiger partial charge is 0.573 e. The summed E-state index contributed by atoms with van der Waals surface area (Å²) in [4.78, 5) is 14.1. The van der Waals surface area contributed by atoms with E-state index in [0.717, 1.165) is 38.3 Å². The van der Waals surface area contributed by atoms with Gasteiger partial charge in [0.2, 0.25) is 5.91 Å². The molecule has 9 heteroatoms. The summed E-state index contributed by atoms with van der Waals surface area (Å²) in [6, 6.07) is 5.58. The van der Waals surface area contributed by atoms with Crippen LogP contribution in [0.25, 0.3) is 0 Å². The molecule has 142 valence electrons. The first-order valence-electron chi connectivity index (χ1n) is 7.97. The van der Waals surface area contributed by atoms with Crippen molar-refractivity contribution in [3.63, 3.8) is 0 Å². The van der Waals surface area contributed by atoms with Crippen LogP contribution in [0.4, 0.5) is 13.2 Å². The second kappa shape index (κ2) is 10.5. The van der Waals surface area contributed by atoms with Crippen molar-refractivity contribution in [1.29, 1.82) is 0 Å². The van der Waals surface area contributed by atoms with Crippen molar-refractivity contribution in [3.8, 4) is 5.75 Å². The van der Waals surface area contributed by atoms with E-state index in [1.807, 2.05) is 0 Å². The molecule has 2 rings (SSSR count). The molecule has 5 nitrogen and oxygen atoms in total. The van der Waals surface area contributed by atoms with Crippen LogP contribution in [0, 0.1) is 0 Å². The molecular formula is C16H23ClF3N3O2. The Bertz CT molecular complexity index is 520. The zero-order chi connectivity index (χ0) is 17.4. The van der Waals surface area contributed by atoms with Gasteiger partial charge < -0.3 is 15.4 Å². The molecule has 25 heavy (non-hydrogen) atoms. The molecule has 1 aliphatic heterocycles. The highest BCUT2D eigenvalue weighted by atomic mass is 35.5. The van der Waals surface area contributed by atoms with Crippen molar-refractivity contribution in [2.75, 3.05) is 39.3 Å². The summed E-state index contributed by atoms with van der Waals surface area (Å²) in [5, 5.41) is 6.14. The first kappa shape index (κ1) is 21.5. The number of carbonyl (C=O) groups excluding carboxylic acids is 1. The van der Waals surface area contributed by atoms with Crippen molar-refractivity contribution in [1.82, 2.24) is 15.5 Å². The van der Waals surface area contributed by atoms with Gasteiger partial charge in [0.05, 0.1) is 0 Å². The molecule has 0 aromatic heterocycles. The lowest BCUT2D eigenvalue weighted by Gasteiger charge is -2.27. The number of nitrogens with zero attached hydrogens (tertiary/aromatic N) is 1. The minimum absolute atomic E-state index is 0. The molecule has 1 aromatic rings. The number of benzene rings is 1. The lowest BCUT2D eigenvalue weighted by atomic mass is 10.1. The molecule has 0 spiro atoms. The summed E-state index contributed by atoms with van der Waals surface area (Å²) in [5.74, 6) is -0.313. The van der Waals surface area contributed by atoms with Crippen molar-refractivity contribution in [2.24, 2.45) is 0 Å². The summed E-state index contributed by atoms with van der Waals surface area (Å²) in [6.07, 6.45) is -3.90. The smallest absolute Gasteiger partial charge is 0.406 e. The molecule has 0 bridgehead atoms. The van der Waals surface area contributed by atoms with Crippen LogP contribution in [0.1, 0.15) is 12.0 Å². The van der Waals surface area contributed by atoms with Crippen LogP contribution < -0.4 is 15.4 Å². The van der Waals surface area contributed by atoms with Crippen LogP contribution >= 0.6 is 12.4 Å². The van der Waals surface area contributed by atoms with Crippen molar-refractivity contribution < 1.29 is 22.7 Å². The van der Waals surface area contributed by atoms with Gasteiger partial charge in [-0.25, -0.2) is 0 Å². The molecule has 0 aliphatic carbocycles. The molecule has 1 heterocycles. The highest BCUT2D eigenvalue weighted by Gasteiger charge is 2.30. The zero-order valence-corrected chi connectivity index (χ0v) is 14.6. The van der Waals surface area contributed by atoms with E-state index in [9.17, 15) is 18.0 Å². The van der Waals surface area contributed by atoms with Gasteiger partial charge in [-0.05, 0) is 24.1 Å². The lowest BCUT2D eigenvalue weighted by Crippen LogP contribution is -2.46. The third kappa shape index (κ3) is 8.94. The molecule has 0 atom stereocenters. The maximum atomic E-state index is 12.1. The third-order valence-corrected chi connectivity index (χ3v) is 3.76. The van der Waals surface area contributed by atoms with E-state index < -0.39 is 6.36 Å². The topological polar surface area (TPSA) is 53.6 Å². The van der Waals surface area contributed by atoms with E-state index in [2.05, 4.69) is 20.3 Å². The normalized spacial score (nSPS) is 15.3. The Morgan fingerprint density at radius 3 is 2.44 bits per heavy atom. The lowest BCUT2D eigenvalue weighted by molar-refractivity contribution is -0.274. The van der Waals surface area contributed by atoms with Gasteiger partial charge in [-0.3, -0.25) is 9.69 Å². The number of halogens is 4. The number of carbonyl (C=O) groups is 1. The van der Waals surface area contributed by atoms with Gasteiger partial charge in [0.15, 0.2) is 0 Å². The molecule has 0 radical (unpaired) electrons. The van der Waals surface area contributed by atoms with Crippen molar-refractivity contribution in [2.45, 2.75) is 19.2 Å². The van der Waals surface area contributed by atoms with Gasteiger partial charge in [-0.1, -0.05) is 12.1 Å². The number of rotatable bonds is 7. The van der Waals surface area contributed by atoms with E-state index >= 15 is 0 Å². The number of aryl methyl sites for hydroxylation is 1. The van der Waals surface area contributed by atoms with Crippen LogP contribution in [0.15, 0.2) is 24.3 Å². The third-order valence-electron chi connectivity index (χ3n) is 3.76. The zero-order valence-electron chi connectivity index (χ0n) is 13.8. The molecule has 1 saturated heterocycles. The number of hydrogen-bond acceptors (Lipinski definition) is 4. The van der Waals surface area contributed by atoms with Crippen LogP contribution in [-0.2, 0) is 11.2 Å². The van der Waals surface area contributed by atoms with E-state index in [0.29, 0.717) is 19.4 Å². The summed E-state index contributed by atoms with van der Waals surface area (Å²) in [6.45, 7) is 5.36. The first-order valence-corrected chi connectivity index (χ1v) is 7.97. The monoisotopic (exact) mass is 381 g/mol. The summed E-state index contributed by atoms with van der Waals surface area (Å²) >= 11 is 0. The maximum absolute atomic E-state index is 12.1. The molecular weight excluding hydrogens is 359 g/mol. The average Bonchev–Trinajstić information content (AvgIpc) is 2.54. The Hall–Kier alpha value is -1.51. The van der Waals surface area contributed by atoms with Gasteiger partial charge in [0.25, 0.3) is 0 Å². The average molecular weight is 382 g/mol. The van der Waals surface area contributed by atoms with Crippen molar-refractivity contribution in [3.05, 3.63) is 29.8 Å². The highest BCUT2D eigenvalue weighted by Crippen LogP contribution is 2.22. The summed E-state index contributed by atoms with van der Waals surface area (Å²) in [5.41, 5.74) is 0.793. The minimum Gasteiger partial charge on any atom is -0.406 e. The predicted molar refractivity (Wildman–Crippen MR) is 91.0 cm³/mol. The predicted octanol–water partition coefficient (Wildman–Crippen LogP) is 1.96. The highest BCUT2D eigenvalue weighted by molar-refractivity contribution is 5.85. The number of amides is 1.